The quantitative estimate of drug-likeness (QED) is 0.775. The van der Waals surface area contributed by atoms with E-state index in [1.807, 2.05) is 27.7 Å². The van der Waals surface area contributed by atoms with Crippen LogP contribution in [0, 0.1) is 5.41 Å². The number of alkyl carbamates (subject to hydrolysis) is 1. The highest BCUT2D eigenvalue weighted by molar-refractivity contribution is 7.81. The van der Waals surface area contributed by atoms with Gasteiger partial charge in [-0.3, -0.25) is 4.79 Å². The molecule has 1 aliphatic heterocycles. The van der Waals surface area contributed by atoms with Crippen LogP contribution in [0.4, 0.5) is 4.79 Å². The number of likely N-dealkylation sites (tertiary alicyclic amines) is 1. The molecule has 0 aromatic heterocycles. The van der Waals surface area contributed by atoms with Crippen molar-refractivity contribution in [3.05, 3.63) is 0 Å². The van der Waals surface area contributed by atoms with Crippen LogP contribution in [0.15, 0.2) is 0 Å². The maximum Gasteiger partial charge on any atom is 0.407 e. The minimum Gasteiger partial charge on any atom is -0.444 e. The summed E-state index contributed by atoms with van der Waals surface area (Å²) in [5, 5.41) is 2.54. The van der Waals surface area contributed by atoms with E-state index in [2.05, 4.69) is 5.32 Å². The lowest BCUT2D eigenvalue weighted by molar-refractivity contribution is -0.130. The Hall–Kier alpha value is -1.15. The van der Waals surface area contributed by atoms with Gasteiger partial charge in [0.1, 0.15) is 12.6 Å². The van der Waals surface area contributed by atoms with Gasteiger partial charge in [-0.05, 0) is 26.8 Å². The summed E-state index contributed by atoms with van der Waals surface area (Å²) < 4.78 is 18.6. The number of nitrogens with one attached hydrogen (secondary N) is 1. The minimum atomic E-state index is -1.14. The Morgan fingerprint density at radius 1 is 1.42 bits per heavy atom. The topological polar surface area (TPSA) is 79.0 Å². The van der Waals surface area contributed by atoms with Crippen molar-refractivity contribution in [1.29, 1.82) is 0 Å². The molecule has 1 saturated heterocycles. The average molecular weight is 362 g/mol. The molecule has 0 aromatic rings. The van der Waals surface area contributed by atoms with Crippen molar-refractivity contribution in [1.82, 2.24) is 14.5 Å². The second-order valence-corrected chi connectivity index (χ2v) is 8.90. The van der Waals surface area contributed by atoms with Crippen LogP contribution >= 0.6 is 0 Å². The maximum absolute atomic E-state index is 12.1. The first-order chi connectivity index (χ1) is 11.0. The Balaban J connectivity index is 2.52. The van der Waals surface area contributed by atoms with Gasteiger partial charge >= 0.3 is 6.09 Å². The van der Waals surface area contributed by atoms with Crippen molar-refractivity contribution < 1.29 is 18.5 Å². The van der Waals surface area contributed by atoms with Crippen LogP contribution in [0.2, 0.25) is 0 Å². The van der Waals surface area contributed by atoms with Gasteiger partial charge in [-0.2, -0.15) is 0 Å². The van der Waals surface area contributed by atoms with Crippen LogP contribution in [0.5, 0.6) is 0 Å². The molecule has 3 atom stereocenters. The van der Waals surface area contributed by atoms with E-state index in [4.69, 9.17) is 4.74 Å². The maximum atomic E-state index is 12.1. The number of likely N-dealkylation sites (N-methyl/N-ethyl adjacent to an activating group) is 1. The highest BCUT2D eigenvalue weighted by Gasteiger charge is 2.31. The number of hydrogen-bond donors (Lipinski definition) is 1. The Morgan fingerprint density at radius 2 is 2.04 bits per heavy atom. The molecular formula is C16H31N3O4S. The summed E-state index contributed by atoms with van der Waals surface area (Å²) in [5.74, 6) is -0.0870. The monoisotopic (exact) mass is 361 g/mol. The van der Waals surface area contributed by atoms with Crippen molar-refractivity contribution in [3.8, 4) is 0 Å². The van der Waals surface area contributed by atoms with Crippen molar-refractivity contribution in [2.45, 2.75) is 52.7 Å². The smallest absolute Gasteiger partial charge is 0.407 e. The molecular weight excluding hydrogens is 330 g/mol. The zero-order valence-corrected chi connectivity index (χ0v) is 16.4. The van der Waals surface area contributed by atoms with Crippen LogP contribution in [0.3, 0.4) is 0 Å². The normalized spacial score (nSPS) is 20.8. The third-order valence-corrected chi connectivity index (χ3v) is 5.36. The highest BCUT2D eigenvalue weighted by atomic mass is 32.2. The fourth-order valence-electron chi connectivity index (χ4n) is 2.55. The van der Waals surface area contributed by atoms with Gasteiger partial charge in [0.2, 0.25) is 5.91 Å². The lowest BCUT2D eigenvalue weighted by Gasteiger charge is -2.32. The zero-order chi connectivity index (χ0) is 18.5. The van der Waals surface area contributed by atoms with E-state index < -0.39 is 23.2 Å². The summed E-state index contributed by atoms with van der Waals surface area (Å²) in [7, 11) is 0.580. The first kappa shape index (κ1) is 20.9. The predicted octanol–water partition coefficient (Wildman–Crippen LogP) is 1.36. The third-order valence-electron chi connectivity index (χ3n) is 4.33. The van der Waals surface area contributed by atoms with Crippen LogP contribution in [-0.2, 0) is 20.5 Å². The molecule has 1 N–H and O–H groups in total. The molecule has 2 amide bonds. The number of carbonyl (C=O) groups excluding carboxylic acids is 2. The standard InChI is InChI=1S/C16H31N3O4S/c1-12-8-7-9-19(12)14(20)10-17-15(21)23-13(16(2,3)4)11-18(5)24(6)22/h12-13H,7-11H2,1-6H3,(H,17,21)/t12-,13?,24?/m1/s1. The lowest BCUT2D eigenvalue weighted by atomic mass is 9.89. The number of rotatable bonds is 6. The molecule has 1 fully saturated rings. The van der Waals surface area contributed by atoms with E-state index in [1.54, 1.807) is 22.5 Å². The predicted molar refractivity (Wildman–Crippen MR) is 94.8 cm³/mol. The van der Waals surface area contributed by atoms with Crippen LogP contribution in [0.25, 0.3) is 0 Å². The van der Waals surface area contributed by atoms with Gasteiger partial charge in [0.15, 0.2) is 0 Å². The van der Waals surface area contributed by atoms with Gasteiger partial charge < -0.3 is 15.0 Å². The minimum absolute atomic E-state index is 0.0599. The lowest BCUT2D eigenvalue weighted by Crippen LogP contribution is -2.46. The van der Waals surface area contributed by atoms with Gasteiger partial charge in [0, 0.05) is 30.8 Å². The highest BCUT2D eigenvalue weighted by Crippen LogP contribution is 2.23. The second-order valence-electron chi connectivity index (χ2n) is 7.43. The van der Waals surface area contributed by atoms with Gasteiger partial charge in [0.25, 0.3) is 0 Å². The van der Waals surface area contributed by atoms with Crippen molar-refractivity contribution in [2.24, 2.45) is 5.41 Å². The molecule has 0 aliphatic carbocycles. The third kappa shape index (κ3) is 6.39. The van der Waals surface area contributed by atoms with E-state index >= 15 is 0 Å². The van der Waals surface area contributed by atoms with E-state index in [9.17, 15) is 13.8 Å². The summed E-state index contributed by atoms with van der Waals surface area (Å²) in [5.41, 5.74) is -0.307. The Bertz CT molecular complexity index is 478. The van der Waals surface area contributed by atoms with Gasteiger partial charge in [-0.25, -0.2) is 13.3 Å². The molecule has 0 radical (unpaired) electrons. The van der Waals surface area contributed by atoms with E-state index in [-0.39, 0.29) is 23.9 Å². The Kier molecular flexibility index (Phi) is 7.66. The molecule has 24 heavy (non-hydrogen) atoms. The summed E-state index contributed by atoms with van der Waals surface area (Å²) >= 11 is 0. The molecule has 1 heterocycles. The van der Waals surface area contributed by atoms with Gasteiger partial charge in [0.05, 0.1) is 11.0 Å². The van der Waals surface area contributed by atoms with Crippen molar-refractivity contribution in [3.63, 3.8) is 0 Å². The van der Waals surface area contributed by atoms with Crippen LogP contribution in [-0.4, -0.2) is 70.5 Å². The Morgan fingerprint density at radius 3 is 2.50 bits per heavy atom. The van der Waals surface area contributed by atoms with Crippen LogP contribution < -0.4 is 5.32 Å². The molecule has 1 aliphatic rings. The molecule has 0 saturated carbocycles. The SMILES string of the molecule is C[C@@H]1CCCN1C(=O)CNC(=O)OC(CN(C)S(C)=O)C(C)(C)C. The number of nitrogens with zero attached hydrogens (tertiary/aromatic N) is 2. The number of carbonyl (C=O) groups is 2. The largest absolute Gasteiger partial charge is 0.444 e. The molecule has 1 rings (SSSR count). The fourth-order valence-corrected chi connectivity index (χ4v) is 2.90. The molecule has 8 heteroatoms. The molecule has 0 bridgehead atoms. The van der Waals surface area contributed by atoms with Gasteiger partial charge in [-0.15, -0.1) is 0 Å². The molecule has 7 nitrogen and oxygen atoms in total. The zero-order valence-electron chi connectivity index (χ0n) is 15.6. The summed E-state index contributed by atoms with van der Waals surface area (Å²) in [4.78, 5) is 26.0. The molecule has 0 spiro atoms. The molecule has 140 valence electrons. The number of hydrogen-bond acceptors (Lipinski definition) is 4. The van der Waals surface area contributed by atoms with Crippen molar-refractivity contribution >= 4 is 23.0 Å². The van der Waals surface area contributed by atoms with Gasteiger partial charge in [-0.1, -0.05) is 20.8 Å². The first-order valence-electron chi connectivity index (χ1n) is 8.31. The molecule has 2 unspecified atom stereocenters. The first-order valence-corrected chi connectivity index (χ1v) is 9.82. The fraction of sp³-hybridized carbons (Fsp3) is 0.875. The van der Waals surface area contributed by atoms with E-state index in [0.717, 1.165) is 19.4 Å². The van der Waals surface area contributed by atoms with E-state index in [0.29, 0.717) is 6.54 Å². The summed E-state index contributed by atoms with van der Waals surface area (Å²) in [6.07, 6.45) is 2.53. The number of ether oxygens (including phenoxy) is 1. The van der Waals surface area contributed by atoms with E-state index in [1.165, 1.54) is 0 Å². The Labute approximate surface area is 147 Å². The van der Waals surface area contributed by atoms with Crippen LogP contribution in [0.1, 0.15) is 40.5 Å². The van der Waals surface area contributed by atoms with Crippen molar-refractivity contribution in [2.75, 3.05) is 32.9 Å². The summed E-state index contributed by atoms with van der Waals surface area (Å²) in [6.45, 7) is 8.91. The second kappa shape index (κ2) is 8.80. The number of amides is 2. The average Bonchev–Trinajstić information content (AvgIpc) is 2.89. The summed E-state index contributed by atoms with van der Waals surface area (Å²) in [6, 6.07) is 0.228. The molecule has 0 aromatic carbocycles.